The lowest BCUT2D eigenvalue weighted by atomic mass is 9.97. The van der Waals surface area contributed by atoms with Gasteiger partial charge >= 0.3 is 0 Å². The molecular weight excluding hydrogens is 380 g/mol. The number of rotatable bonds is 5. The number of nitrogens with two attached hydrogens (primary N) is 2. The van der Waals surface area contributed by atoms with E-state index >= 15 is 0 Å². The molecule has 0 saturated heterocycles. The molecule has 0 spiro atoms. The van der Waals surface area contributed by atoms with Gasteiger partial charge in [0.05, 0.1) is 10.6 Å². The second-order valence-corrected chi connectivity index (χ2v) is 7.66. The first-order valence-corrected chi connectivity index (χ1v) is 9.96. The lowest BCUT2D eigenvalue weighted by Crippen LogP contribution is -2.03. The maximum absolute atomic E-state index is 12.9. The molecule has 0 unspecified atom stereocenters. The van der Waals surface area contributed by atoms with Crippen molar-refractivity contribution in [1.82, 2.24) is 4.98 Å². The van der Waals surface area contributed by atoms with Gasteiger partial charge in [-0.3, -0.25) is 4.79 Å². The summed E-state index contributed by atoms with van der Waals surface area (Å²) < 4.78 is 0. The fraction of sp³-hybridized carbons (Fsp3) is 0.0870. The van der Waals surface area contributed by atoms with Gasteiger partial charge in [-0.05, 0) is 17.5 Å². The van der Waals surface area contributed by atoms with E-state index in [9.17, 15) is 10.1 Å². The van der Waals surface area contributed by atoms with Crippen LogP contribution in [0.5, 0.6) is 0 Å². The Labute approximate surface area is 172 Å². The number of pyridine rings is 1. The van der Waals surface area contributed by atoms with Gasteiger partial charge in [-0.25, -0.2) is 4.98 Å². The van der Waals surface area contributed by atoms with E-state index in [-0.39, 0.29) is 17.2 Å². The summed E-state index contributed by atoms with van der Waals surface area (Å²) in [5.74, 6) is 0.105. The normalized spacial score (nSPS) is 10.7. The maximum atomic E-state index is 12.9. The number of thiophene rings is 1. The zero-order valence-electron chi connectivity index (χ0n) is 15.6. The number of aromatic nitrogens is 1. The van der Waals surface area contributed by atoms with Crippen molar-refractivity contribution in [3.63, 3.8) is 0 Å². The van der Waals surface area contributed by atoms with Crippen LogP contribution in [0.3, 0.4) is 0 Å². The van der Waals surface area contributed by atoms with Crippen LogP contribution in [0.15, 0.2) is 60.7 Å². The van der Waals surface area contributed by atoms with Crippen LogP contribution in [0.4, 0.5) is 11.5 Å². The van der Waals surface area contributed by atoms with Gasteiger partial charge in [0.2, 0.25) is 0 Å². The molecule has 0 aliphatic heterocycles. The quantitative estimate of drug-likeness (QED) is 0.469. The summed E-state index contributed by atoms with van der Waals surface area (Å²) in [4.78, 5) is 18.3. The molecule has 29 heavy (non-hydrogen) atoms. The Kier molecular flexibility index (Phi) is 4.98. The maximum Gasteiger partial charge on any atom is 0.175 e. The van der Waals surface area contributed by atoms with Crippen LogP contribution in [-0.4, -0.2) is 10.8 Å². The molecule has 4 aromatic rings. The number of anilines is 2. The summed E-state index contributed by atoms with van der Waals surface area (Å²) in [6, 6.07) is 21.4. The number of carbonyl (C=O) groups excluding carboxylic acids is 1. The molecule has 0 radical (unpaired) electrons. The van der Waals surface area contributed by atoms with Crippen molar-refractivity contribution >= 4 is 38.8 Å². The molecule has 5 nitrogen and oxygen atoms in total. The van der Waals surface area contributed by atoms with Crippen LogP contribution in [0, 0.1) is 11.3 Å². The molecule has 0 aliphatic rings. The summed E-state index contributed by atoms with van der Waals surface area (Å²) in [7, 11) is 0. The van der Waals surface area contributed by atoms with Gasteiger partial charge < -0.3 is 11.5 Å². The molecule has 0 aliphatic carbocycles. The molecule has 4 rings (SSSR count). The fourth-order valence-electron chi connectivity index (χ4n) is 3.40. The van der Waals surface area contributed by atoms with Crippen molar-refractivity contribution in [2.75, 3.05) is 11.5 Å². The molecule has 0 saturated carbocycles. The molecular formula is C23H18N4OS. The summed E-state index contributed by atoms with van der Waals surface area (Å²) in [5, 5.41) is 10.3. The molecule has 142 valence electrons. The highest BCUT2D eigenvalue weighted by atomic mass is 32.1. The predicted octanol–water partition coefficient (Wildman–Crippen LogP) is 4.81. The fourth-order valence-corrected chi connectivity index (χ4v) is 4.48. The van der Waals surface area contributed by atoms with E-state index in [1.54, 1.807) is 0 Å². The lowest BCUT2D eigenvalue weighted by Gasteiger charge is -2.09. The average Bonchev–Trinajstić information content (AvgIpc) is 3.08. The van der Waals surface area contributed by atoms with Crippen molar-refractivity contribution in [2.24, 2.45) is 0 Å². The molecule has 0 bridgehead atoms. The highest BCUT2D eigenvalue weighted by Gasteiger charge is 2.23. The van der Waals surface area contributed by atoms with Gasteiger partial charge in [-0.1, -0.05) is 60.7 Å². The molecule has 2 heterocycles. The number of carbonyl (C=O) groups is 1. The SMILES string of the molecule is N#Cc1c(N)nc2sc(C(=O)CCc3ccccc3)c(N)c2c1-c1ccccc1. The molecule has 0 fully saturated rings. The number of aryl methyl sites for hydroxylation is 1. The van der Waals surface area contributed by atoms with Crippen LogP contribution in [-0.2, 0) is 6.42 Å². The number of nitrogen functional groups attached to an aromatic ring is 2. The van der Waals surface area contributed by atoms with Crippen molar-refractivity contribution in [3.8, 4) is 17.2 Å². The molecule has 0 atom stereocenters. The van der Waals surface area contributed by atoms with E-state index < -0.39 is 0 Å². The van der Waals surface area contributed by atoms with Gasteiger partial charge in [-0.15, -0.1) is 11.3 Å². The van der Waals surface area contributed by atoms with E-state index in [2.05, 4.69) is 11.1 Å². The largest absolute Gasteiger partial charge is 0.397 e. The summed E-state index contributed by atoms with van der Waals surface area (Å²) in [6.45, 7) is 0. The second-order valence-electron chi connectivity index (χ2n) is 6.66. The molecule has 2 aromatic carbocycles. The Morgan fingerprint density at radius 3 is 2.34 bits per heavy atom. The van der Waals surface area contributed by atoms with E-state index in [0.717, 1.165) is 11.1 Å². The van der Waals surface area contributed by atoms with Crippen molar-refractivity contribution in [2.45, 2.75) is 12.8 Å². The van der Waals surface area contributed by atoms with E-state index in [1.165, 1.54) is 11.3 Å². The zero-order valence-corrected chi connectivity index (χ0v) is 16.4. The van der Waals surface area contributed by atoms with Crippen LogP contribution in [0.2, 0.25) is 0 Å². The Morgan fingerprint density at radius 1 is 1.03 bits per heavy atom. The highest BCUT2D eigenvalue weighted by molar-refractivity contribution is 7.21. The number of ketones is 1. The third kappa shape index (κ3) is 3.44. The zero-order chi connectivity index (χ0) is 20.4. The third-order valence-electron chi connectivity index (χ3n) is 4.82. The molecule has 2 aromatic heterocycles. The Balaban J connectivity index is 1.81. The van der Waals surface area contributed by atoms with Crippen LogP contribution in [0.1, 0.15) is 27.2 Å². The Bertz CT molecular complexity index is 1240. The van der Waals surface area contributed by atoms with Crippen molar-refractivity contribution in [1.29, 1.82) is 5.26 Å². The number of Topliss-reactive ketones (excluding diaryl/α,β-unsaturated/α-hetero) is 1. The minimum Gasteiger partial charge on any atom is -0.397 e. The van der Waals surface area contributed by atoms with Gasteiger partial charge in [0.1, 0.15) is 22.3 Å². The van der Waals surface area contributed by atoms with Gasteiger partial charge in [0.15, 0.2) is 5.78 Å². The molecule has 6 heteroatoms. The Hall–Kier alpha value is -3.69. The van der Waals surface area contributed by atoms with Crippen molar-refractivity contribution in [3.05, 3.63) is 76.7 Å². The predicted molar refractivity (Wildman–Crippen MR) is 118 cm³/mol. The minimum atomic E-state index is -0.0366. The molecule has 4 N–H and O–H groups in total. The van der Waals surface area contributed by atoms with Gasteiger partial charge in [0.25, 0.3) is 0 Å². The Morgan fingerprint density at radius 2 is 1.69 bits per heavy atom. The van der Waals surface area contributed by atoms with Crippen LogP contribution < -0.4 is 11.5 Å². The summed E-state index contributed by atoms with van der Waals surface area (Å²) >= 11 is 1.23. The van der Waals surface area contributed by atoms with Crippen molar-refractivity contribution < 1.29 is 4.79 Å². The van der Waals surface area contributed by atoms with Crippen LogP contribution >= 0.6 is 11.3 Å². The first kappa shape index (κ1) is 18.7. The van der Waals surface area contributed by atoms with E-state index in [0.29, 0.717) is 39.2 Å². The van der Waals surface area contributed by atoms with Gasteiger partial charge in [0, 0.05) is 17.4 Å². The number of fused-ring (bicyclic) bond motifs is 1. The monoisotopic (exact) mass is 398 g/mol. The van der Waals surface area contributed by atoms with Gasteiger partial charge in [-0.2, -0.15) is 5.26 Å². The smallest absolute Gasteiger partial charge is 0.175 e. The average molecular weight is 398 g/mol. The van der Waals surface area contributed by atoms with E-state index in [1.807, 2.05) is 60.7 Å². The third-order valence-corrected chi connectivity index (χ3v) is 5.96. The number of hydrogen-bond acceptors (Lipinski definition) is 6. The number of nitriles is 1. The standard InChI is InChI=1S/C23H18N4OS/c24-13-16-18(15-9-5-2-6-10-15)19-20(25)21(29-23(19)27-22(16)26)17(28)12-11-14-7-3-1-4-8-14/h1-10H,11-12,25H2,(H2,26,27). The second kappa shape index (κ2) is 7.74. The first-order chi connectivity index (χ1) is 14.1. The highest BCUT2D eigenvalue weighted by Crippen LogP contribution is 2.42. The number of benzene rings is 2. The molecule has 0 amide bonds. The summed E-state index contributed by atoms with van der Waals surface area (Å²) in [5.41, 5.74) is 15.7. The topological polar surface area (TPSA) is 106 Å². The summed E-state index contributed by atoms with van der Waals surface area (Å²) in [6.07, 6.45) is 0.986. The lowest BCUT2D eigenvalue weighted by molar-refractivity contribution is 0.0987. The van der Waals surface area contributed by atoms with Crippen LogP contribution in [0.25, 0.3) is 21.3 Å². The minimum absolute atomic E-state index is 0.0366. The van der Waals surface area contributed by atoms with E-state index in [4.69, 9.17) is 11.5 Å². The number of nitrogens with zero attached hydrogens (tertiary/aromatic N) is 2. The first-order valence-electron chi connectivity index (χ1n) is 9.14. The number of hydrogen-bond donors (Lipinski definition) is 2.